The fourth-order valence-corrected chi connectivity index (χ4v) is 3.08. The zero-order valence-electron chi connectivity index (χ0n) is 12.8. The van der Waals surface area contributed by atoms with Crippen molar-refractivity contribution < 1.29 is 4.79 Å². The third-order valence-electron chi connectivity index (χ3n) is 4.68. The maximum Gasteiger partial charge on any atom is 0.221 e. The number of hydrogen-bond donors (Lipinski definition) is 2. The highest BCUT2D eigenvalue weighted by Crippen LogP contribution is 2.37. The Labute approximate surface area is 117 Å². The molecule has 2 N–H and O–H groups in total. The Balaban J connectivity index is 1.56. The van der Waals surface area contributed by atoms with Crippen molar-refractivity contribution in [3.63, 3.8) is 0 Å². The molecule has 19 heavy (non-hydrogen) atoms. The molecule has 0 bridgehead atoms. The van der Waals surface area contributed by atoms with Gasteiger partial charge in [-0.2, -0.15) is 0 Å². The molecule has 0 unspecified atom stereocenters. The van der Waals surface area contributed by atoms with Crippen LogP contribution in [0, 0.1) is 11.3 Å². The monoisotopic (exact) mass is 266 g/mol. The van der Waals surface area contributed by atoms with Gasteiger partial charge in [-0.25, -0.2) is 0 Å². The van der Waals surface area contributed by atoms with Crippen molar-refractivity contribution in [1.82, 2.24) is 10.6 Å². The normalized spacial score (nSPS) is 28.2. The average molecular weight is 266 g/mol. The van der Waals surface area contributed by atoms with Crippen LogP contribution in [-0.4, -0.2) is 24.5 Å². The fourth-order valence-electron chi connectivity index (χ4n) is 3.08. The summed E-state index contributed by atoms with van der Waals surface area (Å²) in [6.07, 6.45) is 8.19. The molecule has 0 atom stereocenters. The van der Waals surface area contributed by atoms with E-state index in [-0.39, 0.29) is 5.91 Å². The molecule has 0 aromatic heterocycles. The van der Waals surface area contributed by atoms with E-state index in [1.807, 2.05) is 0 Å². The van der Waals surface area contributed by atoms with Crippen molar-refractivity contribution in [2.24, 2.45) is 11.3 Å². The average Bonchev–Trinajstić information content (AvgIpc) is 3.12. The summed E-state index contributed by atoms with van der Waals surface area (Å²) in [4.78, 5) is 11.6. The van der Waals surface area contributed by atoms with Crippen LogP contribution >= 0.6 is 0 Å². The van der Waals surface area contributed by atoms with E-state index >= 15 is 0 Å². The van der Waals surface area contributed by atoms with Gasteiger partial charge in [0.15, 0.2) is 0 Å². The molecule has 2 aliphatic carbocycles. The molecule has 0 radical (unpaired) electrons. The van der Waals surface area contributed by atoms with Gasteiger partial charge in [-0.15, -0.1) is 0 Å². The summed E-state index contributed by atoms with van der Waals surface area (Å²) in [7, 11) is 0. The summed E-state index contributed by atoms with van der Waals surface area (Å²) < 4.78 is 0. The predicted molar refractivity (Wildman–Crippen MR) is 79.0 cm³/mol. The van der Waals surface area contributed by atoms with E-state index in [1.54, 1.807) is 0 Å². The van der Waals surface area contributed by atoms with Gasteiger partial charge in [-0.1, -0.05) is 20.8 Å². The molecule has 0 aromatic rings. The zero-order valence-corrected chi connectivity index (χ0v) is 12.8. The highest BCUT2D eigenvalue weighted by molar-refractivity contribution is 5.76. The molecular weight excluding hydrogens is 236 g/mol. The van der Waals surface area contributed by atoms with E-state index in [0.717, 1.165) is 12.5 Å². The lowest BCUT2D eigenvalue weighted by atomic mass is 9.71. The summed E-state index contributed by atoms with van der Waals surface area (Å²) in [6.45, 7) is 7.90. The SMILES string of the molecule is CC(C)(C)C1CCC(NCCC(=O)NC2CC2)CC1. The summed E-state index contributed by atoms with van der Waals surface area (Å²) in [5, 5.41) is 6.60. The Morgan fingerprint density at radius 2 is 1.58 bits per heavy atom. The van der Waals surface area contributed by atoms with Crippen LogP contribution in [0.2, 0.25) is 0 Å². The first-order valence-corrected chi connectivity index (χ1v) is 7.98. The number of carbonyl (C=O) groups is 1. The van der Waals surface area contributed by atoms with Crippen molar-refractivity contribution in [3.05, 3.63) is 0 Å². The first kappa shape index (κ1) is 14.8. The molecule has 2 saturated carbocycles. The van der Waals surface area contributed by atoms with Crippen molar-refractivity contribution in [1.29, 1.82) is 0 Å². The highest BCUT2D eigenvalue weighted by atomic mass is 16.1. The Hall–Kier alpha value is -0.570. The van der Waals surface area contributed by atoms with Gasteiger partial charge in [-0.05, 0) is 49.9 Å². The van der Waals surface area contributed by atoms with E-state index in [1.165, 1.54) is 38.5 Å². The van der Waals surface area contributed by atoms with E-state index in [2.05, 4.69) is 31.4 Å². The second-order valence-corrected chi connectivity index (χ2v) is 7.46. The van der Waals surface area contributed by atoms with Crippen molar-refractivity contribution in [2.75, 3.05) is 6.54 Å². The van der Waals surface area contributed by atoms with Crippen molar-refractivity contribution in [2.45, 2.75) is 77.8 Å². The minimum Gasteiger partial charge on any atom is -0.353 e. The maximum absolute atomic E-state index is 11.6. The van der Waals surface area contributed by atoms with Crippen LogP contribution in [0.4, 0.5) is 0 Å². The molecule has 0 saturated heterocycles. The third kappa shape index (κ3) is 5.13. The molecule has 110 valence electrons. The van der Waals surface area contributed by atoms with Gasteiger partial charge in [0.05, 0.1) is 0 Å². The quantitative estimate of drug-likeness (QED) is 0.803. The van der Waals surface area contributed by atoms with Crippen LogP contribution < -0.4 is 10.6 Å². The van der Waals surface area contributed by atoms with Crippen LogP contribution in [0.25, 0.3) is 0 Å². The predicted octanol–water partition coefficient (Wildman–Crippen LogP) is 2.85. The Bertz CT molecular complexity index is 296. The lowest BCUT2D eigenvalue weighted by molar-refractivity contribution is -0.121. The summed E-state index contributed by atoms with van der Waals surface area (Å²) in [6, 6.07) is 1.13. The van der Waals surface area contributed by atoms with E-state index < -0.39 is 0 Å². The largest absolute Gasteiger partial charge is 0.353 e. The van der Waals surface area contributed by atoms with E-state index in [0.29, 0.717) is 23.9 Å². The summed E-state index contributed by atoms with van der Waals surface area (Å²) in [5.74, 6) is 1.09. The first-order valence-electron chi connectivity index (χ1n) is 7.98. The first-order chi connectivity index (χ1) is 8.95. The third-order valence-corrected chi connectivity index (χ3v) is 4.68. The lowest BCUT2D eigenvalue weighted by Gasteiger charge is -2.37. The number of hydrogen-bond acceptors (Lipinski definition) is 2. The van der Waals surface area contributed by atoms with Gasteiger partial charge in [-0.3, -0.25) is 4.79 Å². The molecule has 2 fully saturated rings. The zero-order chi connectivity index (χ0) is 13.9. The summed E-state index contributed by atoms with van der Waals surface area (Å²) >= 11 is 0. The lowest BCUT2D eigenvalue weighted by Crippen LogP contribution is -2.38. The number of amides is 1. The maximum atomic E-state index is 11.6. The van der Waals surface area contributed by atoms with Gasteiger partial charge in [0.1, 0.15) is 0 Å². The molecule has 3 heteroatoms. The Kier molecular flexibility index (Phi) is 4.88. The molecule has 0 aromatic carbocycles. The van der Waals surface area contributed by atoms with Crippen LogP contribution in [-0.2, 0) is 4.79 Å². The number of rotatable bonds is 5. The topological polar surface area (TPSA) is 41.1 Å². The van der Waals surface area contributed by atoms with Gasteiger partial charge in [0.25, 0.3) is 0 Å². The van der Waals surface area contributed by atoms with Crippen LogP contribution in [0.3, 0.4) is 0 Å². The summed E-state index contributed by atoms with van der Waals surface area (Å²) in [5.41, 5.74) is 0.453. The second-order valence-electron chi connectivity index (χ2n) is 7.46. The molecule has 0 heterocycles. The Morgan fingerprint density at radius 1 is 1.00 bits per heavy atom. The fraction of sp³-hybridized carbons (Fsp3) is 0.938. The molecule has 0 spiro atoms. The molecule has 0 aliphatic heterocycles. The van der Waals surface area contributed by atoms with Gasteiger partial charge in [0.2, 0.25) is 5.91 Å². The van der Waals surface area contributed by atoms with Gasteiger partial charge in [0, 0.05) is 25.0 Å². The van der Waals surface area contributed by atoms with Crippen LogP contribution in [0.5, 0.6) is 0 Å². The minimum absolute atomic E-state index is 0.221. The van der Waals surface area contributed by atoms with Gasteiger partial charge >= 0.3 is 0 Å². The molecule has 2 aliphatic rings. The molecule has 3 nitrogen and oxygen atoms in total. The number of nitrogens with one attached hydrogen (secondary N) is 2. The van der Waals surface area contributed by atoms with Crippen LogP contribution in [0.15, 0.2) is 0 Å². The Morgan fingerprint density at radius 3 is 2.11 bits per heavy atom. The van der Waals surface area contributed by atoms with Crippen molar-refractivity contribution in [3.8, 4) is 0 Å². The highest BCUT2D eigenvalue weighted by Gasteiger charge is 2.29. The molecule has 1 amide bonds. The van der Waals surface area contributed by atoms with E-state index in [9.17, 15) is 4.79 Å². The van der Waals surface area contributed by atoms with Crippen LogP contribution in [0.1, 0.15) is 65.7 Å². The molecular formula is C16H30N2O. The standard InChI is InChI=1S/C16H30N2O/c1-16(2,3)12-4-6-13(7-5-12)17-11-10-15(19)18-14-8-9-14/h12-14,17H,4-11H2,1-3H3,(H,18,19). The smallest absolute Gasteiger partial charge is 0.221 e. The number of carbonyl (C=O) groups excluding carboxylic acids is 1. The van der Waals surface area contributed by atoms with E-state index in [4.69, 9.17) is 0 Å². The minimum atomic E-state index is 0.221. The molecule has 2 rings (SSSR count). The van der Waals surface area contributed by atoms with Crippen molar-refractivity contribution >= 4 is 5.91 Å². The second kappa shape index (κ2) is 6.25. The van der Waals surface area contributed by atoms with Gasteiger partial charge < -0.3 is 10.6 Å².